The van der Waals surface area contributed by atoms with Crippen LogP contribution in [0.4, 0.5) is 0 Å². The van der Waals surface area contributed by atoms with Crippen LogP contribution in [0.1, 0.15) is 35.1 Å². The first kappa shape index (κ1) is 23.0. The fourth-order valence-electron chi connectivity index (χ4n) is 3.98. The number of hydrogen-bond donors (Lipinski definition) is 1. The average Bonchev–Trinajstić information content (AvgIpc) is 3.24. The van der Waals surface area contributed by atoms with Crippen molar-refractivity contribution < 1.29 is 13.2 Å². The second kappa shape index (κ2) is 8.98. The molecule has 1 unspecified atom stereocenters. The van der Waals surface area contributed by atoms with Crippen molar-refractivity contribution in [1.29, 1.82) is 0 Å². The van der Waals surface area contributed by atoms with Crippen LogP contribution >= 0.6 is 11.6 Å². The van der Waals surface area contributed by atoms with E-state index < -0.39 is 10.0 Å². The van der Waals surface area contributed by atoms with Crippen molar-refractivity contribution in [3.63, 3.8) is 0 Å². The number of nitrogens with zero attached hydrogens (tertiary/aromatic N) is 1. The number of aryl methyl sites for hydroxylation is 3. The molecule has 1 aliphatic rings. The minimum atomic E-state index is -3.89. The van der Waals surface area contributed by atoms with E-state index in [-0.39, 0.29) is 29.6 Å². The summed E-state index contributed by atoms with van der Waals surface area (Å²) in [6.45, 7) is 6.56. The van der Waals surface area contributed by atoms with Crippen LogP contribution in [0.3, 0.4) is 0 Å². The van der Waals surface area contributed by atoms with Crippen LogP contribution in [0.15, 0.2) is 46.1 Å². The Morgan fingerprint density at radius 1 is 1.09 bits per heavy atom. The highest BCUT2D eigenvalue weighted by atomic mass is 35.5. The zero-order valence-corrected chi connectivity index (χ0v) is 20.0. The van der Waals surface area contributed by atoms with E-state index in [0.29, 0.717) is 17.2 Å². The fourth-order valence-corrected chi connectivity index (χ4v) is 5.70. The van der Waals surface area contributed by atoms with Gasteiger partial charge in [-0.1, -0.05) is 17.7 Å². The third-order valence-electron chi connectivity index (χ3n) is 6.09. The minimum absolute atomic E-state index is 0.0497. The van der Waals surface area contributed by atoms with Gasteiger partial charge in [-0.15, -0.1) is 0 Å². The van der Waals surface area contributed by atoms with Crippen molar-refractivity contribution in [3.8, 4) is 0 Å². The van der Waals surface area contributed by atoms with Gasteiger partial charge in [-0.25, -0.2) is 8.42 Å². The number of fused-ring (bicyclic) bond motifs is 1. The summed E-state index contributed by atoms with van der Waals surface area (Å²) in [7, 11) is -3.89. The Morgan fingerprint density at radius 3 is 2.53 bits per heavy atom. The average molecular weight is 475 g/mol. The van der Waals surface area contributed by atoms with Crippen LogP contribution < -0.4 is 5.56 Å². The van der Waals surface area contributed by atoms with Crippen molar-refractivity contribution in [2.45, 2.75) is 51.2 Å². The van der Waals surface area contributed by atoms with Gasteiger partial charge in [-0.05, 0) is 86.0 Å². The van der Waals surface area contributed by atoms with E-state index in [2.05, 4.69) is 4.98 Å². The van der Waals surface area contributed by atoms with E-state index in [1.807, 2.05) is 32.9 Å². The lowest BCUT2D eigenvalue weighted by atomic mass is 10.0. The predicted octanol–water partition coefficient (Wildman–Crippen LogP) is 4.48. The number of H-pyrrole nitrogens is 1. The number of halogens is 1. The fraction of sp³-hybridized carbons (Fsp3) is 0.375. The second-order valence-electron chi connectivity index (χ2n) is 8.49. The maximum absolute atomic E-state index is 13.6. The Labute approximate surface area is 193 Å². The highest BCUT2D eigenvalue weighted by Gasteiger charge is 2.30. The molecule has 0 aliphatic carbocycles. The number of sulfonamides is 1. The van der Waals surface area contributed by atoms with E-state index in [1.165, 1.54) is 10.4 Å². The van der Waals surface area contributed by atoms with Gasteiger partial charge in [0.05, 0.1) is 11.0 Å². The molecule has 0 amide bonds. The monoisotopic (exact) mass is 474 g/mol. The lowest BCUT2D eigenvalue weighted by molar-refractivity contribution is 0.0925. The molecule has 1 fully saturated rings. The molecular weight excluding hydrogens is 448 g/mol. The molecule has 32 heavy (non-hydrogen) atoms. The van der Waals surface area contributed by atoms with E-state index in [0.717, 1.165) is 40.4 Å². The largest absolute Gasteiger partial charge is 0.377 e. The molecule has 2 heterocycles. The lowest BCUT2D eigenvalue weighted by Crippen LogP contribution is -2.38. The standard InChI is InChI=1S/C24H27ClN2O4S/c1-15-6-7-21(12-22(15)25)32(29,30)27(14-20-5-4-8-31-20)13-19-11-18-9-16(2)17(3)10-23(18)26-24(19)28/h6-7,9-12,20H,4-5,8,13-14H2,1-3H3,(H,26,28). The summed E-state index contributed by atoms with van der Waals surface area (Å²) in [5, 5.41) is 1.26. The van der Waals surface area contributed by atoms with Gasteiger partial charge < -0.3 is 9.72 Å². The summed E-state index contributed by atoms with van der Waals surface area (Å²) in [4.78, 5) is 15.8. The van der Waals surface area contributed by atoms with Gasteiger partial charge in [0.25, 0.3) is 5.56 Å². The molecule has 4 rings (SSSR count). The molecule has 170 valence electrons. The van der Waals surface area contributed by atoms with Gasteiger partial charge in [-0.3, -0.25) is 4.79 Å². The number of aromatic nitrogens is 1. The van der Waals surface area contributed by atoms with Crippen molar-refractivity contribution in [2.75, 3.05) is 13.2 Å². The quantitative estimate of drug-likeness (QED) is 0.571. The van der Waals surface area contributed by atoms with E-state index in [9.17, 15) is 13.2 Å². The van der Waals surface area contributed by atoms with Crippen LogP contribution in [0.2, 0.25) is 5.02 Å². The molecule has 0 saturated carbocycles. The van der Waals surface area contributed by atoms with Crippen LogP contribution in [0, 0.1) is 20.8 Å². The molecule has 1 atom stereocenters. The van der Waals surface area contributed by atoms with Gasteiger partial charge in [-0.2, -0.15) is 4.31 Å². The van der Waals surface area contributed by atoms with Crippen LogP contribution in [0.25, 0.3) is 10.9 Å². The molecular formula is C24H27ClN2O4S. The maximum atomic E-state index is 13.6. The maximum Gasteiger partial charge on any atom is 0.252 e. The van der Waals surface area contributed by atoms with Gasteiger partial charge in [0, 0.05) is 35.8 Å². The molecule has 0 spiro atoms. The van der Waals surface area contributed by atoms with Gasteiger partial charge >= 0.3 is 0 Å². The van der Waals surface area contributed by atoms with Gasteiger partial charge in [0.1, 0.15) is 0 Å². The predicted molar refractivity (Wildman–Crippen MR) is 127 cm³/mol. The highest BCUT2D eigenvalue weighted by molar-refractivity contribution is 7.89. The normalized spacial score (nSPS) is 16.8. The zero-order chi connectivity index (χ0) is 23.0. The molecule has 1 N–H and O–H groups in total. The van der Waals surface area contributed by atoms with Crippen molar-refractivity contribution >= 4 is 32.5 Å². The third kappa shape index (κ3) is 4.62. The van der Waals surface area contributed by atoms with Gasteiger partial charge in [0.15, 0.2) is 0 Å². The number of aromatic amines is 1. The Balaban J connectivity index is 1.75. The summed E-state index contributed by atoms with van der Waals surface area (Å²) in [6.07, 6.45) is 1.48. The summed E-state index contributed by atoms with van der Waals surface area (Å²) < 4.78 is 34.2. The third-order valence-corrected chi connectivity index (χ3v) is 8.31. The van der Waals surface area contributed by atoms with Crippen molar-refractivity contribution in [3.05, 3.63) is 74.0 Å². The molecule has 1 saturated heterocycles. The summed E-state index contributed by atoms with van der Waals surface area (Å²) in [5.74, 6) is 0. The molecule has 2 aromatic carbocycles. The van der Waals surface area contributed by atoms with Crippen molar-refractivity contribution in [1.82, 2.24) is 9.29 Å². The molecule has 0 radical (unpaired) electrons. The van der Waals surface area contributed by atoms with Crippen molar-refractivity contribution in [2.24, 2.45) is 0 Å². The van der Waals surface area contributed by atoms with Crippen LogP contribution in [-0.2, 0) is 21.3 Å². The molecule has 1 aliphatic heterocycles. The topological polar surface area (TPSA) is 79.5 Å². The number of rotatable bonds is 6. The second-order valence-corrected chi connectivity index (χ2v) is 10.8. The van der Waals surface area contributed by atoms with Gasteiger partial charge in [0.2, 0.25) is 10.0 Å². The lowest BCUT2D eigenvalue weighted by Gasteiger charge is -2.25. The number of nitrogens with one attached hydrogen (secondary N) is 1. The van der Waals surface area contributed by atoms with E-state index in [1.54, 1.807) is 18.2 Å². The first-order chi connectivity index (χ1) is 15.1. The van der Waals surface area contributed by atoms with Crippen LogP contribution in [0.5, 0.6) is 0 Å². The summed E-state index contributed by atoms with van der Waals surface area (Å²) in [6, 6.07) is 10.4. The number of pyridine rings is 1. The molecule has 0 bridgehead atoms. The first-order valence-electron chi connectivity index (χ1n) is 10.7. The van der Waals surface area contributed by atoms with E-state index in [4.69, 9.17) is 16.3 Å². The Kier molecular flexibility index (Phi) is 6.45. The number of benzene rings is 2. The summed E-state index contributed by atoms with van der Waals surface area (Å²) >= 11 is 6.21. The Hall–Kier alpha value is -2.19. The first-order valence-corrected chi connectivity index (χ1v) is 12.5. The van der Waals surface area contributed by atoms with E-state index >= 15 is 0 Å². The smallest absolute Gasteiger partial charge is 0.252 e. The van der Waals surface area contributed by atoms with Crippen LogP contribution in [-0.4, -0.2) is 37.0 Å². The highest BCUT2D eigenvalue weighted by Crippen LogP contribution is 2.26. The molecule has 1 aromatic heterocycles. The Morgan fingerprint density at radius 2 is 1.84 bits per heavy atom. The number of ether oxygens (including phenoxy) is 1. The molecule has 3 aromatic rings. The Bertz CT molecular complexity index is 1330. The molecule has 8 heteroatoms. The zero-order valence-electron chi connectivity index (χ0n) is 18.4. The summed E-state index contributed by atoms with van der Waals surface area (Å²) in [5.41, 5.74) is 3.82. The number of hydrogen-bond acceptors (Lipinski definition) is 4. The molecule has 6 nitrogen and oxygen atoms in total. The minimum Gasteiger partial charge on any atom is -0.377 e. The SMILES string of the molecule is Cc1cc2cc(CN(CC3CCCO3)S(=O)(=O)c3ccc(C)c(Cl)c3)c(=O)[nH]c2cc1C.